The maximum atomic E-state index is 6.32. The summed E-state index contributed by atoms with van der Waals surface area (Å²) in [4.78, 5) is 10.1. The molecule has 0 spiro atoms. The number of imidazole rings is 2. The minimum absolute atomic E-state index is 0.368. The van der Waals surface area contributed by atoms with Gasteiger partial charge in [0.25, 0.3) is 0 Å². The van der Waals surface area contributed by atoms with Crippen molar-refractivity contribution in [2.75, 3.05) is 0 Å². The lowest BCUT2D eigenvalue weighted by Crippen LogP contribution is -2.41. The van der Waals surface area contributed by atoms with Gasteiger partial charge in [-0.15, -0.1) is 0 Å². The average molecular weight is 1600 g/mol. The monoisotopic (exact) mass is 1600 g/mol. The molecule has 8 heteroatoms. The van der Waals surface area contributed by atoms with E-state index in [1.165, 1.54) is 163 Å². The maximum Gasteiger partial charge on any atom is 0.494 e. The highest BCUT2D eigenvalue weighted by Gasteiger charge is 2.52. The van der Waals surface area contributed by atoms with E-state index in [-0.39, 0.29) is 11.2 Å². The van der Waals surface area contributed by atoms with Gasteiger partial charge in [0.1, 0.15) is 11.3 Å². The summed E-state index contributed by atoms with van der Waals surface area (Å²) in [7, 11) is -0.393. The van der Waals surface area contributed by atoms with Crippen LogP contribution in [0.3, 0.4) is 0 Å². The highest BCUT2D eigenvalue weighted by atomic mass is 79.9. The first-order valence-corrected chi connectivity index (χ1v) is 42.1. The van der Waals surface area contributed by atoms with Crippen LogP contribution in [0.1, 0.15) is 27.7 Å². The molecule has 0 amide bonds. The van der Waals surface area contributed by atoms with E-state index in [4.69, 9.17) is 19.3 Å². The summed E-state index contributed by atoms with van der Waals surface area (Å²) in [6.45, 7) is 8.35. The Morgan fingerprint density at radius 2 is 0.533 bits per heavy atom. The second-order valence-corrected chi connectivity index (χ2v) is 33.9. The molecular weight excluding hydrogens is 1520 g/mol. The second-order valence-electron chi connectivity index (χ2n) is 33.0. The normalized spacial score (nSPS) is 13.4. The van der Waals surface area contributed by atoms with E-state index in [1.807, 2.05) is 6.07 Å². The highest BCUT2D eigenvalue weighted by Crippen LogP contribution is 2.49. The van der Waals surface area contributed by atoms with Gasteiger partial charge in [0.05, 0.1) is 44.3 Å². The molecule has 0 radical (unpaired) electrons. The van der Waals surface area contributed by atoms with Crippen LogP contribution in [0.4, 0.5) is 0 Å². The zero-order valence-electron chi connectivity index (χ0n) is 66.5. The molecule has 25 rings (SSSR count). The van der Waals surface area contributed by atoms with Crippen molar-refractivity contribution in [3.63, 3.8) is 0 Å². The van der Waals surface area contributed by atoms with E-state index in [0.29, 0.717) is 0 Å². The Kier molecular flexibility index (Phi) is 16.6. The van der Waals surface area contributed by atoms with E-state index < -0.39 is 7.12 Å². The number of pyridine rings is 2. The summed E-state index contributed by atoms with van der Waals surface area (Å²) in [5.41, 5.74) is 21.2. The molecule has 5 heterocycles. The van der Waals surface area contributed by atoms with Crippen molar-refractivity contribution in [3.05, 3.63) is 393 Å². The zero-order valence-corrected chi connectivity index (χ0v) is 68.1. The second kappa shape index (κ2) is 28.0. The van der Waals surface area contributed by atoms with Gasteiger partial charge in [-0.3, -0.25) is 8.80 Å². The third-order valence-electron chi connectivity index (χ3n) is 25.6. The number of hydrogen-bond donors (Lipinski definition) is 0. The van der Waals surface area contributed by atoms with Crippen LogP contribution in [-0.2, 0) is 9.31 Å². The van der Waals surface area contributed by atoms with Gasteiger partial charge < -0.3 is 9.31 Å². The van der Waals surface area contributed by atoms with Crippen molar-refractivity contribution in [2.45, 2.75) is 38.9 Å². The summed E-state index contributed by atoms with van der Waals surface area (Å²) in [5, 5.41) is 27.3. The Hall–Kier alpha value is -14.1. The molecule has 0 bridgehead atoms. The third-order valence-corrected chi connectivity index (χ3v) is 26.1. The Morgan fingerprint density at radius 3 is 0.958 bits per heavy atom. The van der Waals surface area contributed by atoms with Gasteiger partial charge in [0.2, 0.25) is 0 Å². The molecule has 120 heavy (non-hydrogen) atoms. The van der Waals surface area contributed by atoms with Gasteiger partial charge in [-0.05, 0) is 265 Å². The first kappa shape index (κ1) is 71.2. The molecular formula is C112H76BBrN4O2. The molecule has 1 saturated heterocycles. The smallest absolute Gasteiger partial charge is 0.399 e. The SMILES string of the molecule is Brc1ccc2c(-c3ccc4ccccc4c3)c3ccccc3c(-c3ccc4ccccc4c3)c2c1.CC1(C)OB(c2ccc3c4ccccc4c4nc5ccccc5n4c3c2)OC1(C)C.c1ccc2cc(-c3c4ccccc4c(-c4ccc5ccccc5c4)c4cc(-c5ccc6c7ccccc7c7nc8ccccc8n7c6c5)ccc34)ccc2c1. The Balaban J connectivity index is 0.000000112. The predicted octanol–water partition coefficient (Wildman–Crippen LogP) is 29.9. The van der Waals surface area contributed by atoms with Crippen molar-refractivity contribution < 1.29 is 9.31 Å². The van der Waals surface area contributed by atoms with E-state index in [2.05, 4.69) is 435 Å². The number of halogens is 1. The number of fused-ring (bicyclic) bond motifs is 24. The van der Waals surface area contributed by atoms with Crippen LogP contribution in [0.5, 0.6) is 0 Å². The zero-order chi connectivity index (χ0) is 80.1. The van der Waals surface area contributed by atoms with Crippen LogP contribution < -0.4 is 5.46 Å². The molecule has 0 atom stereocenters. The number of para-hydroxylation sites is 4. The lowest BCUT2D eigenvalue weighted by molar-refractivity contribution is 0.00578. The summed E-state index contributed by atoms with van der Waals surface area (Å²) in [5.74, 6) is 0. The molecule has 1 aliphatic rings. The predicted molar refractivity (Wildman–Crippen MR) is 513 cm³/mol. The first-order chi connectivity index (χ1) is 58.9. The van der Waals surface area contributed by atoms with Crippen LogP contribution in [0.25, 0.3) is 219 Å². The molecule has 0 N–H and O–H groups in total. The van der Waals surface area contributed by atoms with Gasteiger partial charge in [-0.2, -0.15) is 0 Å². The molecule has 20 aromatic carbocycles. The van der Waals surface area contributed by atoms with E-state index in [0.717, 1.165) is 65.1 Å². The van der Waals surface area contributed by atoms with Gasteiger partial charge in [-0.1, -0.05) is 325 Å². The van der Waals surface area contributed by atoms with E-state index in [9.17, 15) is 0 Å². The summed E-state index contributed by atoms with van der Waals surface area (Å²) >= 11 is 3.76. The van der Waals surface area contributed by atoms with E-state index >= 15 is 0 Å². The summed E-state index contributed by atoms with van der Waals surface area (Å²) < 4.78 is 18.3. The lowest BCUT2D eigenvalue weighted by atomic mass is 9.78. The molecule has 566 valence electrons. The van der Waals surface area contributed by atoms with Crippen LogP contribution in [0, 0.1) is 0 Å². The summed E-state index contributed by atoms with van der Waals surface area (Å²) in [6, 6.07) is 141. The standard InChI is InChI=1S/C53H32N2.C34H21Br.C25H23BN2O2/c1-3-13-35-29-39(23-21-33(35)11-1)51-43-16-6-7-17-44(43)52(40-24-22-34-12-2-4-14-36(34)30-40)47-31-37(26-28-45(47)51)38-25-27-42-41-15-5-8-18-46(41)53-54-48-19-9-10-20-49(48)55(53)50(42)32-38;35-28-17-18-31-32(21-28)34(27-16-14-23-8-2-4-10-25(23)20-27)30-12-6-5-11-29(30)33(31)26-15-13-22-7-1-3-9-24(22)19-26;1-24(2)25(3,4)30-26(29-24)16-13-14-18-17-9-5-6-10-19(17)23-27-20-11-7-8-12-21(20)28(23)22(18)15-16/h1-32H;1-21H;5-15H,1-4H3. The van der Waals surface area contributed by atoms with Crippen molar-refractivity contribution >= 4 is 191 Å². The van der Waals surface area contributed by atoms with Crippen molar-refractivity contribution in [3.8, 4) is 55.6 Å². The van der Waals surface area contributed by atoms with Gasteiger partial charge in [-0.25, -0.2) is 9.97 Å². The molecule has 24 aromatic rings. The minimum atomic E-state index is -0.393. The first-order valence-electron chi connectivity index (χ1n) is 41.3. The topological polar surface area (TPSA) is 53.1 Å². The fourth-order valence-corrected chi connectivity index (χ4v) is 19.4. The fraction of sp³-hybridized carbons (Fsp3) is 0.0536. The highest BCUT2D eigenvalue weighted by molar-refractivity contribution is 9.10. The van der Waals surface area contributed by atoms with Crippen molar-refractivity contribution in [2.24, 2.45) is 0 Å². The molecule has 1 aliphatic heterocycles. The average Bonchev–Trinajstić information content (AvgIpc) is 1.27. The van der Waals surface area contributed by atoms with Crippen molar-refractivity contribution in [1.29, 1.82) is 0 Å². The molecule has 1 fully saturated rings. The molecule has 6 nitrogen and oxygen atoms in total. The van der Waals surface area contributed by atoms with Crippen molar-refractivity contribution in [1.82, 2.24) is 18.8 Å². The fourth-order valence-electron chi connectivity index (χ4n) is 19.1. The van der Waals surface area contributed by atoms with Crippen LogP contribution >= 0.6 is 15.9 Å². The van der Waals surface area contributed by atoms with Gasteiger partial charge in [0.15, 0.2) is 0 Å². The van der Waals surface area contributed by atoms with Gasteiger partial charge >= 0.3 is 7.12 Å². The Morgan fingerprint density at radius 1 is 0.233 bits per heavy atom. The minimum Gasteiger partial charge on any atom is -0.399 e. The quantitative estimate of drug-likeness (QED) is 0.0946. The Labute approximate surface area is 701 Å². The Bertz CT molecular complexity index is 8410. The van der Waals surface area contributed by atoms with E-state index in [1.54, 1.807) is 0 Å². The largest absolute Gasteiger partial charge is 0.494 e. The molecule has 4 aromatic heterocycles. The molecule has 0 aliphatic carbocycles. The van der Waals surface area contributed by atoms with Crippen LogP contribution in [-0.4, -0.2) is 37.1 Å². The molecule has 0 saturated carbocycles. The van der Waals surface area contributed by atoms with Crippen LogP contribution in [0.2, 0.25) is 0 Å². The molecule has 0 unspecified atom stereocenters. The third kappa shape index (κ3) is 11.7. The number of aromatic nitrogens is 4. The number of rotatable bonds is 6. The lowest BCUT2D eigenvalue weighted by Gasteiger charge is -2.32. The number of hydrogen-bond acceptors (Lipinski definition) is 4. The maximum absolute atomic E-state index is 6.32. The number of benzene rings is 20. The number of nitrogens with zero attached hydrogens (tertiary/aromatic N) is 4. The van der Waals surface area contributed by atoms with Gasteiger partial charge in [0, 0.05) is 26.0 Å². The van der Waals surface area contributed by atoms with Crippen LogP contribution in [0.15, 0.2) is 393 Å². The summed E-state index contributed by atoms with van der Waals surface area (Å²) in [6.07, 6.45) is 0.